The Bertz CT molecular complexity index is 425. The summed E-state index contributed by atoms with van der Waals surface area (Å²) >= 11 is 0. The number of hydrazine groups is 1. The van der Waals surface area contributed by atoms with E-state index in [2.05, 4.69) is 25.2 Å². The summed E-state index contributed by atoms with van der Waals surface area (Å²) in [6, 6.07) is 0. The molecule has 0 unspecified atom stereocenters. The molecule has 2 fully saturated rings. The van der Waals surface area contributed by atoms with E-state index in [0.29, 0.717) is 5.95 Å². The van der Waals surface area contributed by atoms with Crippen LogP contribution in [0.15, 0.2) is 0 Å². The molecule has 0 amide bonds. The standard InChI is InChI=1S/C15H27N7/c16-20-13-17-14(21-9-5-1-2-6-10-21)19-15(18-13)22-11-7-3-4-8-12-22/h1-12,16H2,(H,17,18,19,20). The van der Waals surface area contributed by atoms with Gasteiger partial charge in [0.15, 0.2) is 0 Å². The first kappa shape index (κ1) is 15.3. The number of hydrogen-bond donors (Lipinski definition) is 2. The smallest absolute Gasteiger partial charge is 0.243 e. The molecule has 0 spiro atoms. The first-order valence-corrected chi connectivity index (χ1v) is 8.59. The lowest BCUT2D eigenvalue weighted by Gasteiger charge is -2.24. The van der Waals surface area contributed by atoms with Crippen molar-refractivity contribution in [2.75, 3.05) is 41.4 Å². The third-order valence-electron chi connectivity index (χ3n) is 4.52. The molecule has 0 atom stereocenters. The van der Waals surface area contributed by atoms with Gasteiger partial charge in [-0.1, -0.05) is 25.7 Å². The van der Waals surface area contributed by atoms with Gasteiger partial charge in [0.1, 0.15) is 0 Å². The minimum absolute atomic E-state index is 0.466. The molecule has 1 aromatic heterocycles. The Kier molecular flexibility index (Phi) is 5.26. The molecule has 2 saturated heterocycles. The molecule has 0 aliphatic carbocycles. The topological polar surface area (TPSA) is 83.2 Å². The van der Waals surface area contributed by atoms with Crippen molar-refractivity contribution in [1.29, 1.82) is 0 Å². The van der Waals surface area contributed by atoms with Gasteiger partial charge in [0.05, 0.1) is 0 Å². The second kappa shape index (κ2) is 7.58. The minimum Gasteiger partial charge on any atom is -0.341 e. The van der Waals surface area contributed by atoms with Crippen LogP contribution in [0.4, 0.5) is 17.8 Å². The summed E-state index contributed by atoms with van der Waals surface area (Å²) in [5.74, 6) is 7.57. The van der Waals surface area contributed by atoms with Gasteiger partial charge in [0, 0.05) is 26.2 Å². The highest BCUT2D eigenvalue weighted by Crippen LogP contribution is 2.21. The van der Waals surface area contributed by atoms with E-state index in [1.807, 2.05) is 0 Å². The zero-order chi connectivity index (χ0) is 15.2. The number of hydrogen-bond acceptors (Lipinski definition) is 7. The Morgan fingerprint density at radius 1 is 0.636 bits per heavy atom. The van der Waals surface area contributed by atoms with Crippen molar-refractivity contribution in [2.24, 2.45) is 5.84 Å². The van der Waals surface area contributed by atoms with Crippen LogP contribution in [0.5, 0.6) is 0 Å². The van der Waals surface area contributed by atoms with Crippen molar-refractivity contribution in [2.45, 2.75) is 51.4 Å². The van der Waals surface area contributed by atoms with E-state index in [1.54, 1.807) is 0 Å². The number of rotatable bonds is 3. The first-order valence-electron chi connectivity index (χ1n) is 8.59. The largest absolute Gasteiger partial charge is 0.341 e. The molecular weight excluding hydrogens is 278 g/mol. The maximum absolute atomic E-state index is 5.57. The number of nitrogens with two attached hydrogens (primary N) is 1. The average Bonchev–Trinajstić information content (AvgIpc) is 2.99. The molecule has 0 bridgehead atoms. The van der Waals surface area contributed by atoms with Crippen molar-refractivity contribution in [3.63, 3.8) is 0 Å². The Morgan fingerprint density at radius 3 is 1.41 bits per heavy atom. The summed E-state index contributed by atoms with van der Waals surface area (Å²) in [7, 11) is 0. The van der Waals surface area contributed by atoms with Gasteiger partial charge in [-0.3, -0.25) is 5.43 Å². The quantitative estimate of drug-likeness (QED) is 0.652. The summed E-state index contributed by atoms with van der Waals surface area (Å²) in [5.41, 5.74) is 2.60. The Balaban J connectivity index is 1.84. The molecule has 2 aliphatic rings. The summed E-state index contributed by atoms with van der Waals surface area (Å²) in [5, 5.41) is 0. The van der Waals surface area contributed by atoms with E-state index in [9.17, 15) is 0 Å². The van der Waals surface area contributed by atoms with Crippen LogP contribution in [0.25, 0.3) is 0 Å². The second-order valence-corrected chi connectivity index (χ2v) is 6.21. The van der Waals surface area contributed by atoms with Crippen LogP contribution in [0.3, 0.4) is 0 Å². The van der Waals surface area contributed by atoms with E-state index in [0.717, 1.165) is 38.1 Å². The lowest BCUT2D eigenvalue weighted by atomic mass is 10.2. The van der Waals surface area contributed by atoms with E-state index < -0.39 is 0 Å². The van der Waals surface area contributed by atoms with E-state index in [1.165, 1.54) is 51.4 Å². The summed E-state index contributed by atoms with van der Waals surface area (Å²) in [4.78, 5) is 18.2. The van der Waals surface area contributed by atoms with Gasteiger partial charge in [-0.25, -0.2) is 5.84 Å². The first-order chi connectivity index (χ1) is 10.9. The van der Waals surface area contributed by atoms with Gasteiger partial charge in [0.25, 0.3) is 0 Å². The summed E-state index contributed by atoms with van der Waals surface area (Å²) in [6.45, 7) is 4.09. The van der Waals surface area contributed by atoms with Gasteiger partial charge in [-0.2, -0.15) is 15.0 Å². The van der Waals surface area contributed by atoms with Gasteiger partial charge >= 0.3 is 0 Å². The number of anilines is 3. The Hall–Kier alpha value is -1.63. The lowest BCUT2D eigenvalue weighted by molar-refractivity contribution is 0.726. The van der Waals surface area contributed by atoms with Gasteiger partial charge in [-0.15, -0.1) is 0 Å². The highest BCUT2D eigenvalue weighted by Gasteiger charge is 2.19. The van der Waals surface area contributed by atoms with Crippen LogP contribution in [0.1, 0.15) is 51.4 Å². The lowest BCUT2D eigenvalue weighted by Crippen LogP contribution is -2.31. The van der Waals surface area contributed by atoms with Crippen molar-refractivity contribution in [3.8, 4) is 0 Å². The number of aromatic nitrogens is 3. The molecule has 22 heavy (non-hydrogen) atoms. The molecular formula is C15H27N7. The van der Waals surface area contributed by atoms with Gasteiger partial charge < -0.3 is 9.80 Å². The molecule has 1 aromatic rings. The third-order valence-corrected chi connectivity index (χ3v) is 4.52. The molecule has 3 N–H and O–H groups in total. The fourth-order valence-corrected chi connectivity index (χ4v) is 3.24. The van der Waals surface area contributed by atoms with Crippen LogP contribution in [-0.2, 0) is 0 Å². The second-order valence-electron chi connectivity index (χ2n) is 6.21. The van der Waals surface area contributed by atoms with Crippen LogP contribution < -0.4 is 21.1 Å². The van der Waals surface area contributed by atoms with Gasteiger partial charge in [0.2, 0.25) is 17.8 Å². The zero-order valence-corrected chi connectivity index (χ0v) is 13.3. The van der Waals surface area contributed by atoms with E-state index >= 15 is 0 Å². The average molecular weight is 305 g/mol. The SMILES string of the molecule is NNc1nc(N2CCCCCC2)nc(N2CCCCCC2)n1. The highest BCUT2D eigenvalue weighted by molar-refractivity contribution is 5.45. The van der Waals surface area contributed by atoms with Crippen molar-refractivity contribution >= 4 is 17.8 Å². The normalized spacial score (nSPS) is 20.4. The van der Waals surface area contributed by atoms with Crippen molar-refractivity contribution in [3.05, 3.63) is 0 Å². The summed E-state index contributed by atoms with van der Waals surface area (Å²) < 4.78 is 0. The fourth-order valence-electron chi connectivity index (χ4n) is 3.24. The van der Waals surface area contributed by atoms with Gasteiger partial charge in [-0.05, 0) is 25.7 Å². The molecule has 2 aliphatic heterocycles. The maximum Gasteiger partial charge on any atom is 0.243 e. The molecule has 0 aromatic carbocycles. The fraction of sp³-hybridized carbons (Fsp3) is 0.800. The highest BCUT2D eigenvalue weighted by atomic mass is 15.4. The molecule has 3 heterocycles. The molecule has 7 heteroatoms. The van der Waals surface area contributed by atoms with Crippen LogP contribution >= 0.6 is 0 Å². The maximum atomic E-state index is 5.57. The zero-order valence-electron chi connectivity index (χ0n) is 13.3. The number of nitrogen functional groups attached to an aromatic ring is 1. The number of nitrogens with zero attached hydrogens (tertiary/aromatic N) is 5. The third kappa shape index (κ3) is 3.76. The molecule has 3 rings (SSSR count). The van der Waals surface area contributed by atoms with Crippen LogP contribution in [-0.4, -0.2) is 41.1 Å². The van der Waals surface area contributed by atoms with E-state index in [-0.39, 0.29) is 0 Å². The Morgan fingerprint density at radius 2 is 1.05 bits per heavy atom. The minimum atomic E-state index is 0.466. The molecule has 0 radical (unpaired) electrons. The van der Waals surface area contributed by atoms with Crippen molar-refractivity contribution < 1.29 is 0 Å². The van der Waals surface area contributed by atoms with Crippen LogP contribution in [0.2, 0.25) is 0 Å². The predicted octanol–water partition coefficient (Wildman–Crippen LogP) is 1.92. The monoisotopic (exact) mass is 305 g/mol. The Labute approximate surface area is 132 Å². The van der Waals surface area contributed by atoms with Crippen molar-refractivity contribution in [1.82, 2.24) is 15.0 Å². The predicted molar refractivity (Wildman–Crippen MR) is 89.0 cm³/mol. The number of nitrogens with one attached hydrogen (secondary N) is 1. The van der Waals surface area contributed by atoms with E-state index in [4.69, 9.17) is 10.8 Å². The molecule has 0 saturated carbocycles. The van der Waals surface area contributed by atoms with Crippen LogP contribution in [0, 0.1) is 0 Å². The molecule has 122 valence electrons. The summed E-state index contributed by atoms with van der Waals surface area (Å²) in [6.07, 6.45) is 9.99. The molecule has 7 nitrogen and oxygen atoms in total.